The van der Waals surface area contributed by atoms with E-state index in [0.717, 1.165) is 5.56 Å². The van der Waals surface area contributed by atoms with Gasteiger partial charge in [-0.25, -0.2) is 0 Å². The fraction of sp³-hybridized carbons (Fsp3) is 0.455. The molecule has 90 valence electrons. The number of hydrogen-bond acceptors (Lipinski definition) is 1. The third-order valence-electron chi connectivity index (χ3n) is 2.01. The van der Waals surface area contributed by atoms with Crippen molar-refractivity contribution in [1.82, 2.24) is 0 Å². The molecular weight excluding hydrogens is 241 g/mol. The van der Waals surface area contributed by atoms with Crippen LogP contribution in [0.3, 0.4) is 0 Å². The average Bonchev–Trinajstić information content (AvgIpc) is 2.14. The second kappa shape index (κ2) is 4.95. The van der Waals surface area contributed by atoms with Crippen molar-refractivity contribution in [2.45, 2.75) is 25.9 Å². The fourth-order valence-electron chi connectivity index (χ4n) is 1.15. The van der Waals surface area contributed by atoms with Gasteiger partial charge in [-0.15, -0.1) is 0 Å². The Balaban J connectivity index is 2.76. The molecular formula is C11H12ClF3O. The van der Waals surface area contributed by atoms with Crippen molar-refractivity contribution >= 4 is 11.6 Å². The van der Waals surface area contributed by atoms with E-state index in [0.29, 0.717) is 0 Å². The molecule has 0 saturated heterocycles. The van der Waals surface area contributed by atoms with Gasteiger partial charge in [0.2, 0.25) is 0 Å². The summed E-state index contributed by atoms with van der Waals surface area (Å²) >= 11 is 5.81. The van der Waals surface area contributed by atoms with E-state index in [-0.39, 0.29) is 16.7 Å². The van der Waals surface area contributed by atoms with Gasteiger partial charge >= 0.3 is 6.18 Å². The van der Waals surface area contributed by atoms with Gasteiger partial charge in [0.05, 0.1) is 5.02 Å². The first-order valence-electron chi connectivity index (χ1n) is 4.78. The van der Waals surface area contributed by atoms with Crippen molar-refractivity contribution in [2.24, 2.45) is 0 Å². The number of halogens is 4. The number of rotatable bonds is 3. The molecule has 0 aliphatic rings. The first-order valence-corrected chi connectivity index (χ1v) is 5.16. The van der Waals surface area contributed by atoms with Crippen LogP contribution >= 0.6 is 11.6 Å². The van der Waals surface area contributed by atoms with Crippen LogP contribution in [0.2, 0.25) is 5.02 Å². The zero-order chi connectivity index (χ0) is 12.3. The molecule has 0 radical (unpaired) electrons. The molecule has 0 aliphatic carbocycles. The van der Waals surface area contributed by atoms with Gasteiger partial charge in [0, 0.05) is 0 Å². The van der Waals surface area contributed by atoms with Crippen LogP contribution in [0.15, 0.2) is 18.2 Å². The van der Waals surface area contributed by atoms with Gasteiger partial charge in [-0.05, 0) is 23.6 Å². The number of benzene rings is 1. The maximum absolute atomic E-state index is 11.9. The summed E-state index contributed by atoms with van der Waals surface area (Å²) < 4.78 is 40.3. The van der Waals surface area contributed by atoms with Crippen molar-refractivity contribution < 1.29 is 17.9 Å². The molecule has 1 nitrogen and oxygen atoms in total. The largest absolute Gasteiger partial charge is 0.483 e. The maximum atomic E-state index is 11.9. The fourth-order valence-corrected chi connectivity index (χ4v) is 1.40. The predicted octanol–water partition coefficient (Wildman–Crippen LogP) is 4.40. The second-order valence-corrected chi connectivity index (χ2v) is 4.16. The van der Waals surface area contributed by atoms with Crippen LogP contribution in [0.25, 0.3) is 0 Å². The number of ether oxygens (including phenoxy) is 1. The molecule has 0 saturated carbocycles. The van der Waals surface area contributed by atoms with Crippen LogP contribution in [0.5, 0.6) is 5.75 Å². The quantitative estimate of drug-likeness (QED) is 0.775. The Labute approximate surface area is 97.2 Å². The molecule has 1 aromatic carbocycles. The summed E-state index contributed by atoms with van der Waals surface area (Å²) in [6.45, 7) is 2.62. The Morgan fingerprint density at radius 3 is 2.38 bits per heavy atom. The zero-order valence-corrected chi connectivity index (χ0v) is 9.69. The third kappa shape index (κ3) is 3.93. The minimum absolute atomic E-state index is 0.0587. The second-order valence-electron chi connectivity index (χ2n) is 3.75. The summed E-state index contributed by atoms with van der Waals surface area (Å²) in [6.07, 6.45) is -4.35. The Bertz CT molecular complexity index is 361. The Morgan fingerprint density at radius 2 is 1.94 bits per heavy atom. The normalized spacial score (nSPS) is 11.9. The first kappa shape index (κ1) is 13.2. The van der Waals surface area contributed by atoms with E-state index in [1.807, 2.05) is 13.8 Å². The van der Waals surface area contributed by atoms with Crippen LogP contribution in [-0.4, -0.2) is 12.8 Å². The molecule has 0 fully saturated rings. The summed E-state index contributed by atoms with van der Waals surface area (Å²) in [7, 11) is 0. The lowest BCUT2D eigenvalue weighted by Crippen LogP contribution is -2.19. The Morgan fingerprint density at radius 1 is 1.31 bits per heavy atom. The molecule has 16 heavy (non-hydrogen) atoms. The molecule has 0 spiro atoms. The van der Waals surface area contributed by atoms with Crippen LogP contribution in [0.1, 0.15) is 25.3 Å². The van der Waals surface area contributed by atoms with E-state index < -0.39 is 12.8 Å². The molecule has 0 atom stereocenters. The van der Waals surface area contributed by atoms with Crippen LogP contribution < -0.4 is 4.74 Å². The Hall–Kier alpha value is -0.900. The van der Waals surface area contributed by atoms with Gasteiger partial charge in [-0.3, -0.25) is 0 Å². The highest BCUT2D eigenvalue weighted by molar-refractivity contribution is 6.32. The van der Waals surface area contributed by atoms with Crippen molar-refractivity contribution in [1.29, 1.82) is 0 Å². The Kier molecular flexibility index (Phi) is 4.08. The summed E-state index contributed by atoms with van der Waals surface area (Å²) in [5.74, 6) is 0.331. The molecule has 0 N–H and O–H groups in total. The van der Waals surface area contributed by atoms with E-state index in [1.165, 1.54) is 6.07 Å². The molecule has 0 unspecified atom stereocenters. The lowest BCUT2D eigenvalue weighted by molar-refractivity contribution is -0.153. The highest BCUT2D eigenvalue weighted by Crippen LogP contribution is 2.29. The summed E-state index contributed by atoms with van der Waals surface area (Å²) in [5.41, 5.74) is 0.962. The van der Waals surface area contributed by atoms with E-state index in [1.54, 1.807) is 12.1 Å². The molecule has 0 bridgehead atoms. The molecule has 0 amide bonds. The average molecular weight is 253 g/mol. The van der Waals surface area contributed by atoms with Gasteiger partial charge < -0.3 is 4.74 Å². The summed E-state index contributed by atoms with van der Waals surface area (Å²) in [4.78, 5) is 0. The lowest BCUT2D eigenvalue weighted by Gasteiger charge is -2.12. The van der Waals surface area contributed by atoms with Gasteiger partial charge in [0.25, 0.3) is 0 Å². The minimum atomic E-state index is -4.35. The van der Waals surface area contributed by atoms with E-state index in [2.05, 4.69) is 4.74 Å². The van der Waals surface area contributed by atoms with E-state index in [9.17, 15) is 13.2 Å². The van der Waals surface area contributed by atoms with Crippen molar-refractivity contribution in [3.8, 4) is 5.75 Å². The number of alkyl halides is 3. The van der Waals surface area contributed by atoms with Crippen LogP contribution in [-0.2, 0) is 0 Å². The van der Waals surface area contributed by atoms with E-state index >= 15 is 0 Å². The van der Waals surface area contributed by atoms with Crippen molar-refractivity contribution in [3.05, 3.63) is 28.8 Å². The first-order chi connectivity index (χ1) is 7.29. The van der Waals surface area contributed by atoms with Crippen LogP contribution in [0.4, 0.5) is 13.2 Å². The van der Waals surface area contributed by atoms with E-state index in [4.69, 9.17) is 11.6 Å². The van der Waals surface area contributed by atoms with Gasteiger partial charge in [-0.2, -0.15) is 13.2 Å². The van der Waals surface area contributed by atoms with Crippen molar-refractivity contribution in [3.63, 3.8) is 0 Å². The minimum Gasteiger partial charge on any atom is -0.483 e. The number of hydrogen-bond donors (Lipinski definition) is 0. The van der Waals surface area contributed by atoms with Crippen molar-refractivity contribution in [2.75, 3.05) is 6.61 Å². The smallest absolute Gasteiger partial charge is 0.422 e. The highest BCUT2D eigenvalue weighted by atomic mass is 35.5. The predicted molar refractivity (Wildman–Crippen MR) is 57.1 cm³/mol. The molecule has 0 heterocycles. The molecule has 0 aliphatic heterocycles. The maximum Gasteiger partial charge on any atom is 0.422 e. The van der Waals surface area contributed by atoms with Crippen LogP contribution in [0, 0.1) is 0 Å². The third-order valence-corrected chi connectivity index (χ3v) is 2.31. The highest BCUT2D eigenvalue weighted by Gasteiger charge is 2.28. The topological polar surface area (TPSA) is 9.23 Å². The monoisotopic (exact) mass is 252 g/mol. The SMILES string of the molecule is CC(C)c1ccc(OCC(F)(F)F)c(Cl)c1. The standard InChI is InChI=1S/C11H12ClF3O/c1-7(2)8-3-4-10(9(12)5-8)16-6-11(13,14)15/h3-5,7H,6H2,1-2H3. The molecule has 0 aromatic heterocycles. The molecule has 1 rings (SSSR count). The summed E-state index contributed by atoms with van der Waals surface area (Å²) in [6, 6.07) is 4.80. The van der Waals surface area contributed by atoms with Gasteiger partial charge in [-0.1, -0.05) is 31.5 Å². The lowest BCUT2D eigenvalue weighted by atomic mass is 10.0. The van der Waals surface area contributed by atoms with Gasteiger partial charge in [0.15, 0.2) is 6.61 Å². The van der Waals surface area contributed by atoms with Gasteiger partial charge in [0.1, 0.15) is 5.75 Å². The summed E-state index contributed by atoms with van der Waals surface area (Å²) in [5, 5.41) is 0.204. The molecule has 1 aromatic rings. The molecule has 5 heteroatoms. The zero-order valence-electron chi connectivity index (χ0n) is 8.94.